The number of carbonyl (C=O) groups is 1. The highest BCUT2D eigenvalue weighted by atomic mass is 16.5. The highest BCUT2D eigenvalue weighted by Crippen LogP contribution is 2.39. The summed E-state index contributed by atoms with van der Waals surface area (Å²) in [5.41, 5.74) is 4.68. The number of amides is 1. The van der Waals surface area contributed by atoms with Crippen LogP contribution in [0.4, 0.5) is 5.69 Å². The molecule has 2 aromatic carbocycles. The van der Waals surface area contributed by atoms with Crippen molar-refractivity contribution in [1.29, 1.82) is 0 Å². The average molecular weight is 334 g/mol. The molecule has 0 radical (unpaired) electrons. The predicted octanol–water partition coefficient (Wildman–Crippen LogP) is 3.39. The largest absolute Gasteiger partial charge is 0.496 e. The molecule has 1 heterocycles. The van der Waals surface area contributed by atoms with Gasteiger partial charge in [0.15, 0.2) is 0 Å². The van der Waals surface area contributed by atoms with E-state index in [4.69, 9.17) is 4.74 Å². The lowest BCUT2D eigenvalue weighted by atomic mass is 9.89. The summed E-state index contributed by atoms with van der Waals surface area (Å²) < 4.78 is 5.33. The van der Waals surface area contributed by atoms with Crippen LogP contribution in [-0.2, 0) is 11.2 Å². The maximum Gasteiger partial charge on any atom is 0.225 e. The van der Waals surface area contributed by atoms with Gasteiger partial charge < -0.3 is 15.4 Å². The smallest absolute Gasteiger partial charge is 0.225 e. The van der Waals surface area contributed by atoms with Gasteiger partial charge in [-0.2, -0.15) is 0 Å². The van der Waals surface area contributed by atoms with Gasteiger partial charge in [0.1, 0.15) is 5.75 Å². The van der Waals surface area contributed by atoms with Crippen molar-refractivity contribution in [2.24, 2.45) is 0 Å². The Morgan fingerprint density at radius 2 is 1.96 bits per heavy atom. The summed E-state index contributed by atoms with van der Waals surface area (Å²) in [7, 11) is 1.63. The zero-order valence-electron chi connectivity index (χ0n) is 14.3. The molecule has 4 heteroatoms. The van der Waals surface area contributed by atoms with Crippen LogP contribution in [0.1, 0.15) is 24.0 Å². The van der Waals surface area contributed by atoms with Crippen molar-refractivity contribution >= 4 is 17.2 Å². The first-order chi connectivity index (χ1) is 12.2. The molecular formula is C21H22N2O2. The van der Waals surface area contributed by atoms with Gasteiger partial charge in [-0.3, -0.25) is 4.79 Å². The monoisotopic (exact) mass is 334 g/mol. The highest BCUT2D eigenvalue weighted by Gasteiger charge is 2.30. The third-order valence-corrected chi connectivity index (χ3v) is 4.98. The van der Waals surface area contributed by atoms with E-state index in [2.05, 4.69) is 41.0 Å². The van der Waals surface area contributed by atoms with Gasteiger partial charge in [-0.05, 0) is 30.5 Å². The van der Waals surface area contributed by atoms with Crippen molar-refractivity contribution < 1.29 is 9.53 Å². The number of benzene rings is 2. The van der Waals surface area contributed by atoms with Gasteiger partial charge in [0.25, 0.3) is 0 Å². The van der Waals surface area contributed by atoms with E-state index in [1.165, 1.54) is 16.8 Å². The average Bonchev–Trinajstić information content (AvgIpc) is 3.00. The second-order valence-corrected chi connectivity index (χ2v) is 6.60. The van der Waals surface area contributed by atoms with Crippen molar-refractivity contribution in [3.63, 3.8) is 0 Å². The Kier molecular flexibility index (Phi) is 4.18. The molecular weight excluding hydrogens is 312 g/mol. The number of rotatable bonds is 4. The minimum atomic E-state index is 0.0315. The van der Waals surface area contributed by atoms with Crippen molar-refractivity contribution in [1.82, 2.24) is 5.32 Å². The molecule has 2 N–H and O–H groups in total. The molecule has 0 saturated heterocycles. The molecule has 1 aliphatic carbocycles. The summed E-state index contributed by atoms with van der Waals surface area (Å²) >= 11 is 0. The number of ether oxygens (including phenoxy) is 1. The molecule has 0 saturated carbocycles. The predicted molar refractivity (Wildman–Crippen MR) is 99.7 cm³/mol. The van der Waals surface area contributed by atoms with Gasteiger partial charge in [-0.1, -0.05) is 42.5 Å². The van der Waals surface area contributed by atoms with Gasteiger partial charge in [-0.25, -0.2) is 0 Å². The van der Waals surface area contributed by atoms with Crippen LogP contribution in [0, 0.1) is 0 Å². The molecule has 2 aliphatic rings. The van der Waals surface area contributed by atoms with Gasteiger partial charge >= 0.3 is 0 Å². The maximum atomic E-state index is 12.5. The molecule has 0 spiro atoms. The number of anilines is 1. The Balaban J connectivity index is 1.47. The third-order valence-electron chi connectivity index (χ3n) is 4.98. The number of nitrogens with one attached hydrogen (secondary N) is 2. The highest BCUT2D eigenvalue weighted by molar-refractivity contribution is 5.88. The maximum absolute atomic E-state index is 12.5. The third kappa shape index (κ3) is 3.12. The zero-order valence-corrected chi connectivity index (χ0v) is 14.3. The molecule has 0 fully saturated rings. The van der Waals surface area contributed by atoms with Crippen molar-refractivity contribution in [2.45, 2.75) is 31.3 Å². The zero-order chi connectivity index (χ0) is 17.2. The molecule has 0 aromatic heterocycles. The molecule has 2 unspecified atom stereocenters. The van der Waals surface area contributed by atoms with Crippen molar-refractivity contribution in [3.8, 4) is 5.75 Å². The molecule has 1 aliphatic heterocycles. The van der Waals surface area contributed by atoms with E-state index in [0.29, 0.717) is 12.5 Å². The molecule has 128 valence electrons. The van der Waals surface area contributed by atoms with E-state index >= 15 is 0 Å². The number of hydrogen-bond acceptors (Lipinski definition) is 3. The SMILES string of the molecule is COc1ccccc1CC(=O)NC1C=C2c3ccccc3NC2CC1. The fourth-order valence-electron chi connectivity index (χ4n) is 3.79. The molecule has 2 atom stereocenters. The molecule has 4 rings (SSSR count). The van der Waals surface area contributed by atoms with E-state index in [-0.39, 0.29) is 11.9 Å². The van der Waals surface area contributed by atoms with Gasteiger partial charge in [0.2, 0.25) is 5.91 Å². The quantitative estimate of drug-likeness (QED) is 0.901. The first kappa shape index (κ1) is 15.8. The van der Waals surface area contributed by atoms with E-state index < -0.39 is 0 Å². The summed E-state index contributed by atoms with van der Waals surface area (Å²) in [4.78, 5) is 12.5. The van der Waals surface area contributed by atoms with Gasteiger partial charge in [-0.15, -0.1) is 0 Å². The standard InChI is InChI=1S/C21H22N2O2/c1-25-20-9-5-2-6-14(20)12-21(24)22-15-10-11-19-17(13-15)16-7-3-4-8-18(16)23-19/h2-9,13,15,19,23H,10-12H2,1H3,(H,22,24). The second-order valence-electron chi connectivity index (χ2n) is 6.60. The van der Waals surface area contributed by atoms with Crippen LogP contribution in [0.2, 0.25) is 0 Å². The topological polar surface area (TPSA) is 50.4 Å². The molecule has 4 nitrogen and oxygen atoms in total. The minimum absolute atomic E-state index is 0.0315. The fraction of sp³-hybridized carbons (Fsp3) is 0.286. The van der Waals surface area contributed by atoms with E-state index in [1.807, 2.05) is 24.3 Å². The Labute approximate surface area is 147 Å². The lowest BCUT2D eigenvalue weighted by Crippen LogP contribution is -2.38. The number of fused-ring (bicyclic) bond motifs is 3. The molecule has 25 heavy (non-hydrogen) atoms. The van der Waals surface area contributed by atoms with E-state index in [1.54, 1.807) is 7.11 Å². The van der Waals surface area contributed by atoms with E-state index in [0.717, 1.165) is 24.2 Å². The fourth-order valence-corrected chi connectivity index (χ4v) is 3.79. The van der Waals surface area contributed by atoms with Crippen LogP contribution in [0.5, 0.6) is 5.75 Å². The lowest BCUT2D eigenvalue weighted by Gasteiger charge is -2.25. The van der Waals surface area contributed by atoms with Gasteiger partial charge in [0, 0.05) is 22.9 Å². The van der Waals surface area contributed by atoms with E-state index in [9.17, 15) is 4.79 Å². The van der Waals surface area contributed by atoms with Crippen molar-refractivity contribution in [3.05, 3.63) is 65.7 Å². The van der Waals surface area contributed by atoms with Crippen LogP contribution in [0.25, 0.3) is 5.57 Å². The first-order valence-electron chi connectivity index (χ1n) is 8.73. The number of methoxy groups -OCH3 is 1. The minimum Gasteiger partial charge on any atom is -0.496 e. The van der Waals surface area contributed by atoms with Crippen LogP contribution in [0.15, 0.2) is 54.6 Å². The Bertz CT molecular complexity index is 828. The Morgan fingerprint density at radius 3 is 2.84 bits per heavy atom. The van der Waals surface area contributed by atoms with Crippen LogP contribution < -0.4 is 15.4 Å². The summed E-state index contributed by atoms with van der Waals surface area (Å²) in [5.74, 6) is 0.790. The lowest BCUT2D eigenvalue weighted by molar-refractivity contribution is -0.120. The van der Waals surface area contributed by atoms with Crippen molar-refractivity contribution in [2.75, 3.05) is 12.4 Å². The number of para-hydroxylation sites is 2. The van der Waals surface area contributed by atoms with Crippen LogP contribution in [-0.4, -0.2) is 25.1 Å². The Hall–Kier alpha value is -2.75. The first-order valence-corrected chi connectivity index (χ1v) is 8.73. The normalized spacial score (nSPS) is 20.8. The van der Waals surface area contributed by atoms with Crippen LogP contribution >= 0.6 is 0 Å². The second kappa shape index (κ2) is 6.63. The Morgan fingerprint density at radius 1 is 1.16 bits per heavy atom. The number of carbonyl (C=O) groups excluding carboxylic acids is 1. The molecule has 2 aromatic rings. The summed E-state index contributed by atoms with van der Waals surface area (Å²) in [6.45, 7) is 0. The summed E-state index contributed by atoms with van der Waals surface area (Å²) in [6.07, 6.45) is 4.53. The van der Waals surface area contributed by atoms with Crippen LogP contribution in [0.3, 0.4) is 0 Å². The molecule has 0 bridgehead atoms. The molecule has 1 amide bonds. The summed E-state index contributed by atoms with van der Waals surface area (Å²) in [6, 6.07) is 16.5. The number of hydrogen-bond donors (Lipinski definition) is 2. The van der Waals surface area contributed by atoms with Gasteiger partial charge in [0.05, 0.1) is 19.6 Å². The summed E-state index contributed by atoms with van der Waals surface area (Å²) in [5, 5.41) is 6.73.